The molecule has 0 aliphatic heterocycles. The van der Waals surface area contributed by atoms with E-state index in [-0.39, 0.29) is 17.1 Å². The third-order valence-electron chi connectivity index (χ3n) is 3.88. The summed E-state index contributed by atoms with van der Waals surface area (Å²) in [6.07, 6.45) is 5.50. The van der Waals surface area contributed by atoms with E-state index in [9.17, 15) is 14.4 Å². The van der Waals surface area contributed by atoms with Crippen LogP contribution < -0.4 is 17.0 Å². The van der Waals surface area contributed by atoms with Gasteiger partial charge in [-0.05, 0) is 12.8 Å². The van der Waals surface area contributed by atoms with Gasteiger partial charge in [-0.25, -0.2) is 4.79 Å². The molecule has 2 aromatic heterocycles. The zero-order chi connectivity index (χ0) is 19.1. The van der Waals surface area contributed by atoms with Crippen LogP contribution in [-0.4, -0.2) is 35.9 Å². The van der Waals surface area contributed by atoms with E-state index < -0.39 is 17.0 Å². The van der Waals surface area contributed by atoms with E-state index in [1.54, 1.807) is 6.33 Å². The Balaban J connectivity index is 2.14. The Labute approximate surface area is 155 Å². The Kier molecular flexibility index (Phi) is 7.19. The molecule has 0 spiro atoms. The molecule has 142 valence electrons. The molecule has 0 saturated heterocycles. The molecule has 0 unspecified atom stereocenters. The van der Waals surface area contributed by atoms with E-state index in [1.165, 1.54) is 16.3 Å². The number of aromatic nitrogens is 5. The van der Waals surface area contributed by atoms with Gasteiger partial charge in [-0.1, -0.05) is 38.5 Å². The Morgan fingerprint density at radius 1 is 1.23 bits per heavy atom. The molecule has 2 rings (SSSR count). The number of carbonyl (C=O) groups excluding carboxylic acids is 1. The van der Waals surface area contributed by atoms with Crippen molar-refractivity contribution in [3.05, 3.63) is 32.7 Å². The molecule has 0 radical (unpaired) electrons. The molecule has 0 saturated carbocycles. The van der Waals surface area contributed by atoms with E-state index in [1.807, 2.05) is 11.5 Å². The zero-order valence-corrected chi connectivity index (χ0v) is 15.8. The first-order valence-electron chi connectivity index (χ1n) is 8.65. The first kappa shape index (κ1) is 20.0. The number of thioether (sulfide) groups is 1. The summed E-state index contributed by atoms with van der Waals surface area (Å²) in [5.74, 6) is -0.540. The van der Waals surface area contributed by atoms with E-state index in [2.05, 4.69) is 22.1 Å². The fourth-order valence-electron chi connectivity index (χ4n) is 2.55. The first-order valence-corrected chi connectivity index (χ1v) is 9.64. The maximum atomic E-state index is 12.5. The normalized spacial score (nSPS) is 11.0. The standard InChI is InChI=1S/C16H24N6O3S/c1-3-5-6-8-21-10-18-20-16(21)26-9-11(23)12-13(17)22(7-4-2)15(25)19-14(12)24/h10H,3-9,17H2,1-2H3,(H,19,24,25). The lowest BCUT2D eigenvalue weighted by atomic mass is 10.2. The number of H-pyrrole nitrogens is 1. The minimum absolute atomic E-state index is 0.00984. The average molecular weight is 380 g/mol. The number of anilines is 1. The van der Waals surface area contributed by atoms with Crippen LogP contribution in [0.1, 0.15) is 49.9 Å². The number of nitrogens with two attached hydrogens (primary N) is 1. The van der Waals surface area contributed by atoms with Gasteiger partial charge in [0.25, 0.3) is 5.56 Å². The van der Waals surface area contributed by atoms with Crippen molar-refractivity contribution in [1.82, 2.24) is 24.3 Å². The number of Topliss-reactive ketones (excluding diaryl/α,β-unsaturated/α-hetero) is 1. The summed E-state index contributed by atoms with van der Waals surface area (Å²) in [5.41, 5.74) is 4.38. The van der Waals surface area contributed by atoms with Crippen molar-refractivity contribution in [3.8, 4) is 0 Å². The number of rotatable bonds is 10. The zero-order valence-electron chi connectivity index (χ0n) is 15.0. The molecule has 0 aliphatic rings. The second-order valence-corrected chi connectivity index (χ2v) is 6.84. The summed E-state index contributed by atoms with van der Waals surface area (Å²) in [4.78, 5) is 38.6. The summed E-state index contributed by atoms with van der Waals surface area (Å²) in [6, 6.07) is 0. The highest BCUT2D eigenvalue weighted by Crippen LogP contribution is 2.18. The maximum Gasteiger partial charge on any atom is 0.329 e. The molecular formula is C16H24N6O3S. The second-order valence-electron chi connectivity index (χ2n) is 5.90. The van der Waals surface area contributed by atoms with Gasteiger partial charge in [0.05, 0.1) is 5.75 Å². The highest BCUT2D eigenvalue weighted by Gasteiger charge is 2.20. The molecule has 0 aromatic carbocycles. The quantitative estimate of drug-likeness (QED) is 0.361. The van der Waals surface area contributed by atoms with E-state index in [4.69, 9.17) is 5.73 Å². The number of hydrogen-bond donors (Lipinski definition) is 2. The number of unbranched alkanes of at least 4 members (excludes halogenated alkanes) is 2. The van der Waals surface area contributed by atoms with Gasteiger partial charge >= 0.3 is 5.69 Å². The number of nitrogens with zero attached hydrogens (tertiary/aromatic N) is 4. The van der Waals surface area contributed by atoms with Gasteiger partial charge < -0.3 is 10.3 Å². The summed E-state index contributed by atoms with van der Waals surface area (Å²) < 4.78 is 3.10. The smallest absolute Gasteiger partial charge is 0.329 e. The maximum absolute atomic E-state index is 12.5. The van der Waals surface area contributed by atoms with Crippen LogP contribution in [0.15, 0.2) is 21.1 Å². The lowest BCUT2D eigenvalue weighted by Gasteiger charge is -2.11. The SMILES string of the molecule is CCCCCn1cnnc1SCC(=O)c1c(N)n(CCC)c(=O)[nH]c1=O. The molecule has 10 heteroatoms. The molecule has 2 aromatic rings. The first-order chi connectivity index (χ1) is 12.5. The number of nitrogen functional groups attached to an aromatic ring is 1. The van der Waals surface area contributed by atoms with Crippen LogP contribution >= 0.6 is 11.8 Å². The molecule has 0 aliphatic carbocycles. The van der Waals surface area contributed by atoms with Gasteiger partial charge in [0.15, 0.2) is 10.9 Å². The fourth-order valence-corrected chi connectivity index (χ4v) is 3.36. The molecule has 3 N–H and O–H groups in total. The largest absolute Gasteiger partial charge is 0.384 e. The van der Waals surface area contributed by atoms with Crippen molar-refractivity contribution in [3.63, 3.8) is 0 Å². The number of nitrogens with one attached hydrogen (secondary N) is 1. The number of aryl methyl sites for hydroxylation is 1. The summed E-state index contributed by atoms with van der Waals surface area (Å²) in [6.45, 7) is 5.11. The van der Waals surface area contributed by atoms with Crippen molar-refractivity contribution in [2.24, 2.45) is 0 Å². The third-order valence-corrected chi connectivity index (χ3v) is 4.86. The van der Waals surface area contributed by atoms with Crippen LogP contribution in [0.25, 0.3) is 0 Å². The highest BCUT2D eigenvalue weighted by atomic mass is 32.2. The molecular weight excluding hydrogens is 356 g/mol. The summed E-state index contributed by atoms with van der Waals surface area (Å²) in [5, 5.41) is 8.51. The van der Waals surface area contributed by atoms with Gasteiger partial charge in [-0.15, -0.1) is 10.2 Å². The molecule has 0 amide bonds. The van der Waals surface area contributed by atoms with Crippen molar-refractivity contribution in [1.29, 1.82) is 0 Å². The van der Waals surface area contributed by atoms with Crippen LogP contribution in [0.5, 0.6) is 0 Å². The van der Waals surface area contributed by atoms with Crippen LogP contribution in [0.4, 0.5) is 5.82 Å². The van der Waals surface area contributed by atoms with Crippen molar-refractivity contribution >= 4 is 23.4 Å². The Morgan fingerprint density at radius 3 is 2.69 bits per heavy atom. The molecule has 2 heterocycles. The number of hydrogen-bond acceptors (Lipinski definition) is 7. The average Bonchev–Trinajstić information content (AvgIpc) is 3.04. The highest BCUT2D eigenvalue weighted by molar-refractivity contribution is 7.99. The molecule has 0 bridgehead atoms. The van der Waals surface area contributed by atoms with Gasteiger partial charge in [0.1, 0.15) is 17.7 Å². The van der Waals surface area contributed by atoms with Crippen molar-refractivity contribution in [2.75, 3.05) is 11.5 Å². The minimum Gasteiger partial charge on any atom is -0.384 e. The van der Waals surface area contributed by atoms with Crippen LogP contribution in [0.3, 0.4) is 0 Å². The molecule has 26 heavy (non-hydrogen) atoms. The molecule has 0 fully saturated rings. The molecule has 9 nitrogen and oxygen atoms in total. The van der Waals surface area contributed by atoms with Crippen LogP contribution in [-0.2, 0) is 13.1 Å². The predicted octanol–water partition coefficient (Wildman–Crippen LogP) is 1.29. The number of carbonyl (C=O) groups is 1. The Bertz CT molecular complexity index is 870. The topological polar surface area (TPSA) is 129 Å². The van der Waals surface area contributed by atoms with Gasteiger partial charge in [0.2, 0.25) is 0 Å². The van der Waals surface area contributed by atoms with Crippen LogP contribution in [0, 0.1) is 0 Å². The predicted molar refractivity (Wildman–Crippen MR) is 101 cm³/mol. The lowest BCUT2D eigenvalue weighted by Crippen LogP contribution is -2.36. The number of aromatic amines is 1. The third kappa shape index (κ3) is 4.63. The van der Waals surface area contributed by atoms with Gasteiger partial charge in [0, 0.05) is 13.1 Å². The van der Waals surface area contributed by atoms with Crippen molar-refractivity contribution in [2.45, 2.75) is 57.8 Å². The van der Waals surface area contributed by atoms with Gasteiger partial charge in [-0.3, -0.25) is 19.1 Å². The van der Waals surface area contributed by atoms with Crippen LogP contribution in [0.2, 0.25) is 0 Å². The Morgan fingerprint density at radius 2 is 2.00 bits per heavy atom. The van der Waals surface area contributed by atoms with E-state index in [0.717, 1.165) is 25.8 Å². The van der Waals surface area contributed by atoms with Crippen molar-refractivity contribution < 1.29 is 4.79 Å². The summed E-state index contributed by atoms with van der Waals surface area (Å²) in [7, 11) is 0. The minimum atomic E-state index is -0.755. The Hall–Kier alpha value is -2.36. The second kappa shape index (κ2) is 9.37. The summed E-state index contributed by atoms with van der Waals surface area (Å²) >= 11 is 1.20. The molecule has 0 atom stereocenters. The lowest BCUT2D eigenvalue weighted by molar-refractivity contribution is 0.102. The van der Waals surface area contributed by atoms with E-state index >= 15 is 0 Å². The van der Waals surface area contributed by atoms with Gasteiger partial charge in [-0.2, -0.15) is 0 Å². The monoisotopic (exact) mass is 380 g/mol. The van der Waals surface area contributed by atoms with E-state index in [0.29, 0.717) is 18.1 Å². The fraction of sp³-hybridized carbons (Fsp3) is 0.562. The number of ketones is 1.